The molecule has 0 aliphatic heterocycles. The minimum absolute atomic E-state index is 0.138. The lowest BCUT2D eigenvalue weighted by atomic mass is 10.2. The molecule has 146 valence electrons. The number of nitrogens with one attached hydrogen (secondary N) is 1. The number of rotatable bonds is 4. The number of aryl methyl sites for hydroxylation is 2. The van der Waals surface area contributed by atoms with Gasteiger partial charge in [0.2, 0.25) is 5.43 Å². The van der Waals surface area contributed by atoms with Crippen LogP contribution >= 0.6 is 0 Å². The van der Waals surface area contributed by atoms with Crippen LogP contribution in [0.3, 0.4) is 0 Å². The molecule has 2 aromatic heterocycles. The van der Waals surface area contributed by atoms with Gasteiger partial charge in [0.15, 0.2) is 5.69 Å². The Hall–Kier alpha value is -3.74. The van der Waals surface area contributed by atoms with Crippen LogP contribution in [-0.2, 0) is 13.6 Å². The van der Waals surface area contributed by atoms with Crippen LogP contribution in [-0.4, -0.2) is 25.5 Å². The number of nitrogens with zero attached hydrogens (tertiary/aromatic N) is 4. The van der Waals surface area contributed by atoms with E-state index in [0.717, 1.165) is 11.3 Å². The fourth-order valence-electron chi connectivity index (χ4n) is 3.43. The lowest BCUT2D eigenvalue weighted by Crippen LogP contribution is -2.26. The highest BCUT2D eigenvalue weighted by atomic mass is 16.2. The van der Waals surface area contributed by atoms with Gasteiger partial charge < -0.3 is 5.32 Å². The summed E-state index contributed by atoms with van der Waals surface area (Å²) in [6.45, 7) is 4.32. The van der Waals surface area contributed by atoms with Crippen molar-refractivity contribution in [2.75, 3.05) is 5.32 Å². The van der Waals surface area contributed by atoms with Gasteiger partial charge in [-0.1, -0.05) is 42.5 Å². The van der Waals surface area contributed by atoms with E-state index in [2.05, 4.69) is 15.5 Å². The Balaban J connectivity index is 1.67. The first-order chi connectivity index (χ1) is 14.0. The molecule has 7 heteroatoms. The number of benzene rings is 2. The van der Waals surface area contributed by atoms with E-state index in [1.165, 1.54) is 0 Å². The lowest BCUT2D eigenvalue weighted by molar-refractivity contribution is 0.101. The van der Waals surface area contributed by atoms with E-state index in [9.17, 15) is 9.59 Å². The predicted molar refractivity (Wildman–Crippen MR) is 112 cm³/mol. The summed E-state index contributed by atoms with van der Waals surface area (Å²) in [6.07, 6.45) is 0. The number of aromatic nitrogens is 4. The standard InChI is InChI=1S/C22H21N5O2/c1-14-19(15(2)27(24-14)13-16-9-5-4-6-10-16)23-22(29)20-21(28)17-11-7-8-12-18(17)26(3)25-20/h4-12H,13H2,1-3H3,(H,23,29). The second-order valence-corrected chi connectivity index (χ2v) is 6.96. The van der Waals surface area contributed by atoms with Gasteiger partial charge in [0.05, 0.1) is 29.1 Å². The van der Waals surface area contributed by atoms with E-state index in [1.54, 1.807) is 29.9 Å². The molecule has 0 saturated carbocycles. The summed E-state index contributed by atoms with van der Waals surface area (Å²) in [7, 11) is 1.72. The van der Waals surface area contributed by atoms with Crippen molar-refractivity contribution in [2.24, 2.45) is 7.05 Å². The first-order valence-corrected chi connectivity index (χ1v) is 9.31. The Labute approximate surface area is 167 Å². The minimum atomic E-state index is -0.540. The molecular weight excluding hydrogens is 366 g/mol. The molecule has 0 radical (unpaired) electrons. The Bertz CT molecular complexity index is 1270. The summed E-state index contributed by atoms with van der Waals surface area (Å²) < 4.78 is 3.39. The summed E-state index contributed by atoms with van der Waals surface area (Å²) in [4.78, 5) is 25.6. The highest BCUT2D eigenvalue weighted by Gasteiger charge is 2.20. The molecule has 0 fully saturated rings. The van der Waals surface area contributed by atoms with Crippen LogP contribution in [0.25, 0.3) is 10.9 Å². The number of anilines is 1. The maximum atomic E-state index is 12.9. The van der Waals surface area contributed by atoms with E-state index < -0.39 is 5.91 Å². The number of fused-ring (bicyclic) bond motifs is 1. The second kappa shape index (κ2) is 7.35. The molecule has 0 atom stereocenters. The fourth-order valence-corrected chi connectivity index (χ4v) is 3.43. The minimum Gasteiger partial charge on any atom is -0.317 e. The molecule has 2 heterocycles. The molecule has 0 spiro atoms. The van der Waals surface area contributed by atoms with E-state index in [1.807, 2.05) is 54.9 Å². The smallest absolute Gasteiger partial charge is 0.280 e. The van der Waals surface area contributed by atoms with Gasteiger partial charge in [0.25, 0.3) is 5.91 Å². The van der Waals surface area contributed by atoms with E-state index >= 15 is 0 Å². The summed E-state index contributed by atoms with van der Waals surface area (Å²) in [5.41, 5.74) is 3.37. The molecule has 4 aromatic rings. The van der Waals surface area contributed by atoms with E-state index in [-0.39, 0.29) is 11.1 Å². The van der Waals surface area contributed by atoms with Crippen LogP contribution < -0.4 is 10.7 Å². The Kier molecular flexibility index (Phi) is 4.72. The molecule has 29 heavy (non-hydrogen) atoms. The third kappa shape index (κ3) is 3.42. The van der Waals surface area contributed by atoms with Crippen molar-refractivity contribution in [1.82, 2.24) is 19.6 Å². The molecule has 0 aliphatic carbocycles. The molecule has 1 amide bonds. The Morgan fingerprint density at radius 3 is 2.45 bits per heavy atom. The Morgan fingerprint density at radius 1 is 1.00 bits per heavy atom. The van der Waals surface area contributed by atoms with Gasteiger partial charge in [-0.25, -0.2) is 0 Å². The van der Waals surface area contributed by atoms with Crippen LogP contribution in [0, 0.1) is 13.8 Å². The molecular formula is C22H21N5O2. The molecule has 0 bridgehead atoms. The summed E-state index contributed by atoms with van der Waals surface area (Å²) >= 11 is 0. The van der Waals surface area contributed by atoms with Gasteiger partial charge >= 0.3 is 0 Å². The van der Waals surface area contributed by atoms with Gasteiger partial charge in [-0.15, -0.1) is 0 Å². The molecule has 1 N–H and O–H groups in total. The number of para-hydroxylation sites is 1. The lowest BCUT2D eigenvalue weighted by Gasteiger charge is -2.09. The monoisotopic (exact) mass is 387 g/mol. The third-order valence-electron chi connectivity index (χ3n) is 4.97. The van der Waals surface area contributed by atoms with Gasteiger partial charge in [0, 0.05) is 12.4 Å². The topological polar surface area (TPSA) is 81.8 Å². The van der Waals surface area contributed by atoms with Crippen LogP contribution in [0.5, 0.6) is 0 Å². The Morgan fingerprint density at radius 2 is 1.69 bits per heavy atom. The predicted octanol–water partition coefficient (Wildman–Crippen LogP) is 3.05. The van der Waals surface area contributed by atoms with Crippen molar-refractivity contribution in [1.29, 1.82) is 0 Å². The molecule has 0 saturated heterocycles. The van der Waals surface area contributed by atoms with Crippen LogP contribution in [0.15, 0.2) is 59.4 Å². The zero-order chi connectivity index (χ0) is 20.5. The highest BCUT2D eigenvalue weighted by Crippen LogP contribution is 2.21. The molecule has 2 aromatic carbocycles. The summed E-state index contributed by atoms with van der Waals surface area (Å²) in [5, 5.41) is 12.0. The van der Waals surface area contributed by atoms with Gasteiger partial charge in [0.1, 0.15) is 0 Å². The van der Waals surface area contributed by atoms with Crippen molar-refractivity contribution < 1.29 is 4.79 Å². The zero-order valence-corrected chi connectivity index (χ0v) is 16.5. The number of hydrogen-bond acceptors (Lipinski definition) is 4. The third-order valence-corrected chi connectivity index (χ3v) is 4.97. The number of carbonyl (C=O) groups is 1. The van der Waals surface area contributed by atoms with Gasteiger partial charge in [-0.3, -0.25) is 19.0 Å². The normalized spacial score (nSPS) is 11.0. The van der Waals surface area contributed by atoms with Crippen molar-refractivity contribution in [3.8, 4) is 0 Å². The number of hydrogen-bond donors (Lipinski definition) is 1. The van der Waals surface area contributed by atoms with Crippen molar-refractivity contribution >= 4 is 22.5 Å². The first kappa shape index (κ1) is 18.6. The number of carbonyl (C=O) groups excluding carboxylic acids is 1. The van der Waals surface area contributed by atoms with Crippen molar-refractivity contribution in [3.63, 3.8) is 0 Å². The average molecular weight is 387 g/mol. The second-order valence-electron chi connectivity index (χ2n) is 6.96. The molecule has 0 aliphatic rings. The van der Waals surface area contributed by atoms with Crippen molar-refractivity contribution in [3.05, 3.63) is 87.5 Å². The highest BCUT2D eigenvalue weighted by molar-refractivity contribution is 6.04. The van der Waals surface area contributed by atoms with Crippen molar-refractivity contribution in [2.45, 2.75) is 20.4 Å². The zero-order valence-electron chi connectivity index (χ0n) is 16.5. The molecule has 7 nitrogen and oxygen atoms in total. The van der Waals surface area contributed by atoms with Crippen LogP contribution in [0.2, 0.25) is 0 Å². The largest absolute Gasteiger partial charge is 0.317 e. The van der Waals surface area contributed by atoms with E-state index in [0.29, 0.717) is 28.8 Å². The molecule has 4 rings (SSSR count). The maximum absolute atomic E-state index is 12.9. The van der Waals surface area contributed by atoms with Crippen LogP contribution in [0.4, 0.5) is 5.69 Å². The van der Waals surface area contributed by atoms with Gasteiger partial charge in [-0.05, 0) is 31.5 Å². The summed E-state index contributed by atoms with van der Waals surface area (Å²) in [5.74, 6) is -0.540. The first-order valence-electron chi connectivity index (χ1n) is 9.31. The van der Waals surface area contributed by atoms with Crippen LogP contribution in [0.1, 0.15) is 27.4 Å². The fraction of sp³-hybridized carbons (Fsp3) is 0.182. The van der Waals surface area contributed by atoms with E-state index in [4.69, 9.17) is 0 Å². The number of amides is 1. The van der Waals surface area contributed by atoms with Gasteiger partial charge in [-0.2, -0.15) is 10.2 Å². The maximum Gasteiger partial charge on any atom is 0.280 e. The quantitative estimate of drug-likeness (QED) is 0.584. The summed E-state index contributed by atoms with van der Waals surface area (Å²) in [6, 6.07) is 17.1. The SMILES string of the molecule is Cc1nn(Cc2ccccc2)c(C)c1NC(=O)c1nn(C)c2ccccc2c1=O. The average Bonchev–Trinajstić information content (AvgIpc) is 2.98. The molecule has 0 unspecified atom stereocenters.